The third-order valence-corrected chi connectivity index (χ3v) is 2.09. The summed E-state index contributed by atoms with van der Waals surface area (Å²) < 4.78 is 0. The Hall–Kier alpha value is -1.31. The van der Waals surface area contributed by atoms with Crippen molar-refractivity contribution in [2.24, 2.45) is 4.99 Å². The fourth-order valence-corrected chi connectivity index (χ4v) is 1.34. The average molecular weight is 190 g/mol. The Labute approximate surface area is 86.3 Å². The number of amidine groups is 1. The molecule has 0 unspecified atom stereocenters. The van der Waals surface area contributed by atoms with Crippen LogP contribution in [0.1, 0.15) is 18.9 Å². The average Bonchev–Trinajstić information content (AvgIpc) is 2.14. The van der Waals surface area contributed by atoms with E-state index in [1.165, 1.54) is 5.56 Å². The Balaban J connectivity index is 2.94. The molecule has 1 aromatic carbocycles. The summed E-state index contributed by atoms with van der Waals surface area (Å²) in [6.45, 7) is 4.20. The van der Waals surface area contributed by atoms with Crippen molar-refractivity contribution < 1.29 is 0 Å². The van der Waals surface area contributed by atoms with Gasteiger partial charge in [-0.1, -0.05) is 19.1 Å². The first kappa shape index (κ1) is 10.8. The molecule has 2 heteroatoms. The van der Waals surface area contributed by atoms with Crippen molar-refractivity contribution in [3.63, 3.8) is 0 Å². The monoisotopic (exact) mass is 190 g/mol. The lowest BCUT2D eigenvalue weighted by atomic mass is 10.2. The highest BCUT2D eigenvalue weighted by molar-refractivity contribution is 5.84. The molecule has 14 heavy (non-hydrogen) atoms. The summed E-state index contributed by atoms with van der Waals surface area (Å²) in [6.07, 6.45) is 0.959. The summed E-state index contributed by atoms with van der Waals surface area (Å²) in [7, 11) is 4.05. The molecule has 0 saturated heterocycles. The van der Waals surface area contributed by atoms with Crippen LogP contribution in [0.25, 0.3) is 0 Å². The molecule has 0 atom stereocenters. The molecule has 76 valence electrons. The molecule has 1 rings (SSSR count). The lowest BCUT2D eigenvalue weighted by Gasteiger charge is -2.13. The predicted molar refractivity (Wildman–Crippen MR) is 62.3 cm³/mol. The Bertz CT molecular complexity index is 327. The van der Waals surface area contributed by atoms with Gasteiger partial charge < -0.3 is 4.90 Å². The number of aryl methyl sites for hydroxylation is 1. The first-order chi connectivity index (χ1) is 6.63. The number of rotatable bonds is 2. The fraction of sp³-hybridized carbons (Fsp3) is 0.417. The van der Waals surface area contributed by atoms with E-state index in [1.807, 2.05) is 26.2 Å². The number of benzene rings is 1. The molecule has 0 fully saturated rings. The Morgan fingerprint density at radius 2 is 2.07 bits per heavy atom. The molecule has 0 aliphatic rings. The van der Waals surface area contributed by atoms with Crippen LogP contribution in [0.3, 0.4) is 0 Å². The summed E-state index contributed by atoms with van der Waals surface area (Å²) in [4.78, 5) is 6.64. The maximum atomic E-state index is 4.58. The number of aliphatic imine (C=N–C) groups is 1. The van der Waals surface area contributed by atoms with Gasteiger partial charge in [-0.05, 0) is 24.6 Å². The molecule has 0 spiro atoms. The summed E-state index contributed by atoms with van der Waals surface area (Å²) >= 11 is 0. The molecule has 0 saturated carbocycles. The maximum Gasteiger partial charge on any atom is 0.104 e. The van der Waals surface area contributed by atoms with Gasteiger partial charge in [0.25, 0.3) is 0 Å². The number of nitrogens with zero attached hydrogens (tertiary/aromatic N) is 2. The van der Waals surface area contributed by atoms with Crippen LogP contribution in [0.5, 0.6) is 0 Å². The minimum Gasteiger partial charge on any atom is -0.366 e. The van der Waals surface area contributed by atoms with Gasteiger partial charge in [0, 0.05) is 20.5 Å². The molecule has 2 nitrogen and oxygen atoms in total. The zero-order chi connectivity index (χ0) is 10.6. The molecule has 0 amide bonds. The van der Waals surface area contributed by atoms with E-state index >= 15 is 0 Å². The van der Waals surface area contributed by atoms with Crippen LogP contribution in [0, 0.1) is 6.92 Å². The largest absolute Gasteiger partial charge is 0.366 e. The van der Waals surface area contributed by atoms with Crippen molar-refractivity contribution in [2.45, 2.75) is 20.3 Å². The zero-order valence-electron chi connectivity index (χ0n) is 9.41. The third kappa shape index (κ3) is 2.87. The minimum atomic E-state index is 0.959. The van der Waals surface area contributed by atoms with Crippen LogP contribution in [0.15, 0.2) is 29.3 Å². The van der Waals surface area contributed by atoms with Gasteiger partial charge in [0.15, 0.2) is 0 Å². The molecule has 0 N–H and O–H groups in total. The highest BCUT2D eigenvalue weighted by Gasteiger charge is 1.98. The van der Waals surface area contributed by atoms with Crippen LogP contribution in [0.4, 0.5) is 5.69 Å². The van der Waals surface area contributed by atoms with Crippen LogP contribution >= 0.6 is 0 Å². The van der Waals surface area contributed by atoms with E-state index in [2.05, 4.69) is 35.9 Å². The quantitative estimate of drug-likeness (QED) is 0.517. The van der Waals surface area contributed by atoms with Gasteiger partial charge in [-0.25, -0.2) is 4.99 Å². The molecule has 0 radical (unpaired) electrons. The van der Waals surface area contributed by atoms with Crippen molar-refractivity contribution >= 4 is 11.5 Å². The highest BCUT2D eigenvalue weighted by Crippen LogP contribution is 2.14. The standard InChI is InChI=1S/C12H18N2/c1-5-12(14(3)4)13-11-8-6-7-10(2)9-11/h6-9H,5H2,1-4H3. The Morgan fingerprint density at radius 1 is 1.36 bits per heavy atom. The lowest BCUT2D eigenvalue weighted by molar-refractivity contribution is 0.608. The van der Waals surface area contributed by atoms with E-state index in [4.69, 9.17) is 0 Å². The van der Waals surface area contributed by atoms with Crippen molar-refractivity contribution in [2.75, 3.05) is 14.1 Å². The molecule has 0 aliphatic carbocycles. The summed E-state index contributed by atoms with van der Waals surface area (Å²) in [6, 6.07) is 8.25. The molecular formula is C12H18N2. The molecule has 0 bridgehead atoms. The molecule has 0 heterocycles. The van der Waals surface area contributed by atoms with Gasteiger partial charge in [-0.3, -0.25) is 0 Å². The zero-order valence-corrected chi connectivity index (χ0v) is 9.41. The first-order valence-corrected chi connectivity index (χ1v) is 4.95. The number of hydrogen-bond acceptors (Lipinski definition) is 1. The second-order valence-electron chi connectivity index (χ2n) is 3.62. The van der Waals surface area contributed by atoms with Crippen LogP contribution in [-0.2, 0) is 0 Å². The topological polar surface area (TPSA) is 15.6 Å². The van der Waals surface area contributed by atoms with E-state index in [1.54, 1.807) is 0 Å². The van der Waals surface area contributed by atoms with Crippen molar-refractivity contribution in [3.05, 3.63) is 29.8 Å². The van der Waals surface area contributed by atoms with Crippen LogP contribution in [0.2, 0.25) is 0 Å². The maximum absolute atomic E-state index is 4.58. The van der Waals surface area contributed by atoms with E-state index in [0.29, 0.717) is 0 Å². The summed E-state index contributed by atoms with van der Waals surface area (Å²) in [5, 5.41) is 0. The van der Waals surface area contributed by atoms with Gasteiger partial charge >= 0.3 is 0 Å². The van der Waals surface area contributed by atoms with Crippen LogP contribution in [-0.4, -0.2) is 24.8 Å². The summed E-state index contributed by atoms with van der Waals surface area (Å²) in [5.74, 6) is 1.11. The Kier molecular flexibility index (Phi) is 3.69. The highest BCUT2D eigenvalue weighted by atomic mass is 15.1. The van der Waals surface area contributed by atoms with E-state index in [0.717, 1.165) is 17.9 Å². The van der Waals surface area contributed by atoms with Gasteiger partial charge in [-0.2, -0.15) is 0 Å². The SMILES string of the molecule is CCC(=Nc1cccc(C)c1)N(C)C. The van der Waals surface area contributed by atoms with Gasteiger partial charge in [0.1, 0.15) is 5.84 Å². The lowest BCUT2D eigenvalue weighted by Crippen LogP contribution is -2.20. The Morgan fingerprint density at radius 3 is 2.57 bits per heavy atom. The normalized spacial score (nSPS) is 11.6. The molecule has 0 aromatic heterocycles. The smallest absolute Gasteiger partial charge is 0.104 e. The van der Waals surface area contributed by atoms with E-state index in [-0.39, 0.29) is 0 Å². The van der Waals surface area contributed by atoms with Crippen LogP contribution < -0.4 is 0 Å². The summed E-state index contributed by atoms with van der Waals surface area (Å²) in [5.41, 5.74) is 2.29. The minimum absolute atomic E-state index is 0.959. The first-order valence-electron chi connectivity index (χ1n) is 4.95. The van der Waals surface area contributed by atoms with E-state index in [9.17, 15) is 0 Å². The van der Waals surface area contributed by atoms with Crippen molar-refractivity contribution in [1.29, 1.82) is 0 Å². The van der Waals surface area contributed by atoms with Gasteiger partial charge in [0.2, 0.25) is 0 Å². The second-order valence-corrected chi connectivity index (χ2v) is 3.62. The van der Waals surface area contributed by atoms with Gasteiger partial charge in [-0.15, -0.1) is 0 Å². The second kappa shape index (κ2) is 4.80. The third-order valence-electron chi connectivity index (χ3n) is 2.09. The van der Waals surface area contributed by atoms with Crippen molar-refractivity contribution in [1.82, 2.24) is 4.90 Å². The molecular weight excluding hydrogens is 172 g/mol. The van der Waals surface area contributed by atoms with E-state index < -0.39 is 0 Å². The number of hydrogen-bond donors (Lipinski definition) is 0. The molecule has 1 aromatic rings. The fourth-order valence-electron chi connectivity index (χ4n) is 1.34. The predicted octanol–water partition coefficient (Wildman–Crippen LogP) is 3.00. The van der Waals surface area contributed by atoms with Gasteiger partial charge in [0.05, 0.1) is 5.69 Å². The molecule has 0 aliphatic heterocycles. The van der Waals surface area contributed by atoms with Crippen molar-refractivity contribution in [3.8, 4) is 0 Å².